The summed E-state index contributed by atoms with van der Waals surface area (Å²) in [6.45, 7) is 0. The number of carboxylic acids is 1. The van der Waals surface area contributed by atoms with Crippen LogP contribution in [0.25, 0.3) is 0 Å². The molecule has 0 amide bonds. The predicted octanol–water partition coefficient (Wildman–Crippen LogP) is 1.74. The van der Waals surface area contributed by atoms with Crippen LogP contribution in [0.15, 0.2) is 24.3 Å². The van der Waals surface area contributed by atoms with E-state index in [1.165, 1.54) is 12.1 Å². The molecule has 1 rings (SSSR count). The molecule has 0 bridgehead atoms. The van der Waals surface area contributed by atoms with Crippen molar-refractivity contribution in [3.63, 3.8) is 0 Å². The Labute approximate surface area is 70.7 Å². The van der Waals surface area contributed by atoms with Crippen LogP contribution in [0.5, 0.6) is 5.75 Å². The summed E-state index contributed by atoms with van der Waals surface area (Å²) in [4.78, 5) is 10.3. The molecule has 2 radical (unpaired) electrons. The third-order valence-electron chi connectivity index (χ3n) is 1.13. The molecule has 0 saturated heterocycles. The lowest BCUT2D eigenvalue weighted by Gasteiger charge is -1.95. The van der Waals surface area contributed by atoms with E-state index in [0.29, 0.717) is 0 Å². The average molecular weight is 170 g/mol. The lowest BCUT2D eigenvalue weighted by Crippen LogP contribution is -1.95. The molecule has 0 heterocycles. The van der Waals surface area contributed by atoms with Gasteiger partial charge in [-0.2, -0.15) is 0 Å². The van der Waals surface area contributed by atoms with Crippen LogP contribution in [-0.2, 0) is 0 Å². The van der Waals surface area contributed by atoms with Crippen LogP contribution >= 0.6 is 13.5 Å². The Kier molecular flexibility index (Phi) is 3.47. The minimum atomic E-state index is -1.11. The second kappa shape index (κ2) is 3.88. The molecular weight excluding hydrogens is 164 g/mol. The number of hydrogen-bond acceptors (Lipinski definition) is 2. The maximum Gasteiger partial charge on any atom is 0.339 e. The van der Waals surface area contributed by atoms with Gasteiger partial charge < -0.3 is 10.2 Å². The fraction of sp³-hybridized carbons (Fsp3) is 0. The van der Waals surface area contributed by atoms with Crippen molar-refractivity contribution in [1.29, 1.82) is 0 Å². The van der Waals surface area contributed by atoms with Crippen LogP contribution in [-0.4, -0.2) is 16.2 Å². The molecule has 0 aliphatic carbocycles. The highest BCUT2D eigenvalue weighted by Crippen LogP contribution is 2.14. The highest BCUT2D eigenvalue weighted by molar-refractivity contribution is 7.59. The van der Waals surface area contributed by atoms with Gasteiger partial charge >= 0.3 is 5.97 Å². The molecule has 0 aromatic heterocycles. The van der Waals surface area contributed by atoms with E-state index in [0.717, 1.165) is 0 Å². The van der Waals surface area contributed by atoms with Crippen molar-refractivity contribution in [2.45, 2.75) is 0 Å². The van der Waals surface area contributed by atoms with Crippen molar-refractivity contribution < 1.29 is 15.0 Å². The maximum atomic E-state index is 10.3. The van der Waals surface area contributed by atoms with Crippen molar-refractivity contribution in [3.05, 3.63) is 29.8 Å². The number of carboxylic acid groups (broad SMARTS) is 1. The van der Waals surface area contributed by atoms with E-state index in [4.69, 9.17) is 10.2 Å². The summed E-state index contributed by atoms with van der Waals surface area (Å²) in [5.41, 5.74) is -0.0671. The Hall–Kier alpha value is -1.16. The summed E-state index contributed by atoms with van der Waals surface area (Å²) >= 11 is 0. The Balaban J connectivity index is 0.000001000. The van der Waals surface area contributed by atoms with Gasteiger partial charge in [0.15, 0.2) is 0 Å². The molecule has 0 aliphatic rings. The molecule has 3 nitrogen and oxygen atoms in total. The molecule has 11 heavy (non-hydrogen) atoms. The van der Waals surface area contributed by atoms with E-state index in [1.54, 1.807) is 12.1 Å². The molecule has 2 N–H and O–H groups in total. The second-order valence-electron chi connectivity index (χ2n) is 1.82. The van der Waals surface area contributed by atoms with E-state index < -0.39 is 5.97 Å². The molecule has 58 valence electrons. The minimum absolute atomic E-state index is 0. The number of benzene rings is 1. The van der Waals surface area contributed by atoms with E-state index in [-0.39, 0.29) is 24.8 Å². The Morgan fingerprint density at radius 2 is 1.82 bits per heavy atom. The molecule has 0 spiro atoms. The van der Waals surface area contributed by atoms with Crippen LogP contribution in [0, 0.1) is 0 Å². The third-order valence-corrected chi connectivity index (χ3v) is 1.13. The Morgan fingerprint density at radius 1 is 1.27 bits per heavy atom. The SMILES string of the molecule is O=C(O)c1ccccc1O.[S]. The highest BCUT2D eigenvalue weighted by Gasteiger charge is 2.05. The fourth-order valence-electron chi connectivity index (χ4n) is 0.654. The van der Waals surface area contributed by atoms with Gasteiger partial charge in [0.1, 0.15) is 11.3 Å². The van der Waals surface area contributed by atoms with Gasteiger partial charge in [-0.3, -0.25) is 0 Å². The molecule has 0 aliphatic heterocycles. The van der Waals surface area contributed by atoms with Crippen LogP contribution < -0.4 is 0 Å². The van der Waals surface area contributed by atoms with Gasteiger partial charge in [-0.05, 0) is 12.1 Å². The normalized spacial score (nSPS) is 8.36. The van der Waals surface area contributed by atoms with Crippen molar-refractivity contribution in [2.75, 3.05) is 0 Å². The number of aromatic hydroxyl groups is 1. The first kappa shape index (κ1) is 9.84. The quantitative estimate of drug-likeness (QED) is 0.674. The zero-order valence-electron chi connectivity index (χ0n) is 5.52. The van der Waals surface area contributed by atoms with Crippen LogP contribution in [0.1, 0.15) is 10.4 Å². The van der Waals surface area contributed by atoms with Gasteiger partial charge in [-0.15, -0.1) is 0 Å². The molecule has 1 aromatic rings. The van der Waals surface area contributed by atoms with E-state index >= 15 is 0 Å². The second-order valence-corrected chi connectivity index (χ2v) is 1.82. The first-order valence-electron chi connectivity index (χ1n) is 2.73. The lowest BCUT2D eigenvalue weighted by molar-refractivity contribution is 0.0694. The highest BCUT2D eigenvalue weighted by atomic mass is 32.1. The molecule has 0 unspecified atom stereocenters. The Morgan fingerprint density at radius 3 is 2.18 bits per heavy atom. The van der Waals surface area contributed by atoms with E-state index in [1.807, 2.05) is 0 Å². The van der Waals surface area contributed by atoms with Gasteiger partial charge in [0.05, 0.1) is 0 Å². The first-order chi connectivity index (χ1) is 4.72. The molecule has 0 atom stereocenters. The number of para-hydroxylation sites is 1. The zero-order valence-corrected chi connectivity index (χ0v) is 6.34. The molecular formula is C7H6O3S. The fourth-order valence-corrected chi connectivity index (χ4v) is 0.654. The minimum Gasteiger partial charge on any atom is -0.507 e. The maximum absolute atomic E-state index is 10.3. The number of rotatable bonds is 1. The van der Waals surface area contributed by atoms with Gasteiger partial charge in [-0.1, -0.05) is 12.1 Å². The zero-order chi connectivity index (χ0) is 7.56. The van der Waals surface area contributed by atoms with Gasteiger partial charge in [0, 0.05) is 13.5 Å². The summed E-state index contributed by atoms with van der Waals surface area (Å²) in [7, 11) is 0. The number of carbonyl (C=O) groups is 1. The monoisotopic (exact) mass is 170 g/mol. The first-order valence-corrected chi connectivity index (χ1v) is 2.73. The lowest BCUT2D eigenvalue weighted by atomic mass is 10.2. The van der Waals surface area contributed by atoms with E-state index in [9.17, 15) is 4.79 Å². The van der Waals surface area contributed by atoms with Crippen molar-refractivity contribution >= 4 is 19.5 Å². The summed E-state index contributed by atoms with van der Waals surface area (Å²) in [6, 6.07) is 5.81. The predicted molar refractivity (Wildman–Crippen MR) is 42.7 cm³/mol. The van der Waals surface area contributed by atoms with Gasteiger partial charge in [0.2, 0.25) is 0 Å². The van der Waals surface area contributed by atoms with Crippen LogP contribution in [0.2, 0.25) is 0 Å². The number of phenols is 1. The van der Waals surface area contributed by atoms with Crippen molar-refractivity contribution in [1.82, 2.24) is 0 Å². The summed E-state index contributed by atoms with van der Waals surface area (Å²) in [6.07, 6.45) is 0. The van der Waals surface area contributed by atoms with Gasteiger partial charge in [-0.25, -0.2) is 4.79 Å². The summed E-state index contributed by atoms with van der Waals surface area (Å²) in [5.74, 6) is -1.31. The largest absolute Gasteiger partial charge is 0.507 e. The number of aromatic carboxylic acids is 1. The van der Waals surface area contributed by atoms with E-state index in [2.05, 4.69) is 0 Å². The summed E-state index contributed by atoms with van der Waals surface area (Å²) < 4.78 is 0. The average Bonchev–Trinajstić information content (AvgIpc) is 1.88. The Bertz CT molecular complexity index is 260. The standard InChI is InChI=1S/C7H6O3.S/c8-6-4-2-1-3-5(6)7(9)10;/h1-4,8H,(H,9,10);. The molecule has 0 fully saturated rings. The molecule has 4 heteroatoms. The van der Waals surface area contributed by atoms with Crippen molar-refractivity contribution in [3.8, 4) is 5.75 Å². The van der Waals surface area contributed by atoms with Crippen LogP contribution in [0.3, 0.4) is 0 Å². The third kappa shape index (κ3) is 2.16. The van der Waals surface area contributed by atoms with Gasteiger partial charge in [0.25, 0.3) is 0 Å². The molecule has 1 aromatic carbocycles. The number of hydrogen-bond donors (Lipinski definition) is 2. The summed E-state index contributed by atoms with van der Waals surface area (Å²) in [5, 5.41) is 17.3. The smallest absolute Gasteiger partial charge is 0.339 e. The van der Waals surface area contributed by atoms with Crippen LogP contribution in [0.4, 0.5) is 0 Å². The topological polar surface area (TPSA) is 57.5 Å². The van der Waals surface area contributed by atoms with Crippen molar-refractivity contribution in [2.24, 2.45) is 0 Å². The molecule has 0 saturated carbocycles.